The summed E-state index contributed by atoms with van der Waals surface area (Å²) >= 11 is 0. The van der Waals surface area contributed by atoms with Gasteiger partial charge in [-0.2, -0.15) is 0 Å². The predicted octanol–water partition coefficient (Wildman–Crippen LogP) is 1.86. The highest BCUT2D eigenvalue weighted by Gasteiger charge is 2.20. The molecule has 0 unspecified atom stereocenters. The van der Waals surface area contributed by atoms with Crippen LogP contribution in [-0.4, -0.2) is 35.2 Å². The van der Waals surface area contributed by atoms with Gasteiger partial charge < -0.3 is 15.7 Å². The summed E-state index contributed by atoms with van der Waals surface area (Å²) < 4.78 is 0. The van der Waals surface area contributed by atoms with Crippen molar-refractivity contribution in [3.05, 3.63) is 36.0 Å². The quantitative estimate of drug-likeness (QED) is 0.871. The number of benzene rings is 1. The number of carboxylic acids is 1. The van der Waals surface area contributed by atoms with Crippen molar-refractivity contribution < 1.29 is 9.90 Å². The molecule has 0 aliphatic carbocycles. The largest absolute Gasteiger partial charge is 0.478 e. The van der Waals surface area contributed by atoms with E-state index in [2.05, 4.69) is 9.88 Å². The lowest BCUT2D eigenvalue weighted by molar-refractivity contribution is 0.0698. The Bertz CT molecular complexity index is 649. The zero-order valence-corrected chi connectivity index (χ0v) is 11.1. The number of fused-ring (bicyclic) bond motifs is 1. The van der Waals surface area contributed by atoms with Crippen LogP contribution >= 0.6 is 0 Å². The van der Waals surface area contributed by atoms with Gasteiger partial charge in [0, 0.05) is 36.1 Å². The molecule has 3 rings (SSSR count). The van der Waals surface area contributed by atoms with Gasteiger partial charge in [0.05, 0.1) is 5.56 Å². The number of aromatic carboxylic acids is 1. The molecule has 1 aliphatic rings. The molecule has 5 nitrogen and oxygen atoms in total. The Labute approximate surface area is 117 Å². The normalized spacial score (nSPS) is 16.6. The lowest BCUT2D eigenvalue weighted by Gasteiger charge is -2.31. The molecule has 0 bridgehead atoms. The van der Waals surface area contributed by atoms with Crippen LogP contribution in [0.1, 0.15) is 23.2 Å². The minimum absolute atomic E-state index is 0.248. The van der Waals surface area contributed by atoms with Crippen molar-refractivity contribution in [2.45, 2.75) is 18.9 Å². The third-order valence-corrected chi connectivity index (χ3v) is 3.84. The Hall–Kier alpha value is -2.14. The minimum atomic E-state index is -0.944. The van der Waals surface area contributed by atoms with Crippen LogP contribution < -0.4 is 10.6 Å². The summed E-state index contributed by atoms with van der Waals surface area (Å²) in [6.07, 6.45) is 3.34. The third kappa shape index (κ3) is 2.20. The number of nitrogens with two attached hydrogens (primary N) is 1. The average molecular weight is 271 g/mol. The van der Waals surface area contributed by atoms with Crippen LogP contribution in [0.2, 0.25) is 0 Å². The molecule has 1 aromatic heterocycles. The molecule has 5 heteroatoms. The van der Waals surface area contributed by atoms with Gasteiger partial charge in [-0.25, -0.2) is 9.78 Å². The molecule has 104 valence electrons. The number of pyridine rings is 1. The van der Waals surface area contributed by atoms with Crippen LogP contribution in [0.15, 0.2) is 30.5 Å². The first kappa shape index (κ1) is 12.9. The molecular weight excluding hydrogens is 254 g/mol. The van der Waals surface area contributed by atoms with Crippen LogP contribution in [0.4, 0.5) is 5.82 Å². The first-order valence-corrected chi connectivity index (χ1v) is 6.78. The van der Waals surface area contributed by atoms with Crippen molar-refractivity contribution in [1.82, 2.24) is 4.98 Å². The van der Waals surface area contributed by atoms with Gasteiger partial charge in [0.25, 0.3) is 0 Å². The van der Waals surface area contributed by atoms with Gasteiger partial charge in [0.2, 0.25) is 0 Å². The lowest BCUT2D eigenvalue weighted by atomic mass is 10.0. The second-order valence-electron chi connectivity index (χ2n) is 5.17. The summed E-state index contributed by atoms with van der Waals surface area (Å²) in [6, 6.07) is 7.79. The first-order chi connectivity index (χ1) is 9.66. The van der Waals surface area contributed by atoms with Crippen molar-refractivity contribution in [1.29, 1.82) is 0 Å². The van der Waals surface area contributed by atoms with Gasteiger partial charge in [-0.1, -0.05) is 24.3 Å². The Morgan fingerprint density at radius 1 is 1.25 bits per heavy atom. The van der Waals surface area contributed by atoms with Gasteiger partial charge in [-0.15, -0.1) is 0 Å². The Morgan fingerprint density at radius 3 is 2.55 bits per heavy atom. The standard InChI is InChI=1S/C15H17N3O2/c16-10-5-7-18(8-6-10)14-12-4-2-1-3-11(12)13(9-17-14)15(19)20/h1-4,9-10H,5-8,16H2,(H,19,20). The van der Waals surface area contributed by atoms with E-state index in [0.29, 0.717) is 0 Å². The maximum absolute atomic E-state index is 11.3. The third-order valence-electron chi connectivity index (χ3n) is 3.84. The van der Waals surface area contributed by atoms with Gasteiger partial charge in [-0.3, -0.25) is 0 Å². The van der Waals surface area contributed by atoms with Crippen molar-refractivity contribution in [2.24, 2.45) is 5.73 Å². The number of piperidine rings is 1. The predicted molar refractivity (Wildman–Crippen MR) is 78.1 cm³/mol. The second kappa shape index (κ2) is 5.09. The summed E-state index contributed by atoms with van der Waals surface area (Å²) in [4.78, 5) is 17.8. The molecule has 0 atom stereocenters. The second-order valence-corrected chi connectivity index (χ2v) is 5.17. The van der Waals surface area contributed by atoms with Gasteiger partial charge in [-0.05, 0) is 12.8 Å². The van der Waals surface area contributed by atoms with Crippen molar-refractivity contribution >= 4 is 22.6 Å². The van der Waals surface area contributed by atoms with E-state index in [9.17, 15) is 9.90 Å². The number of anilines is 1. The highest BCUT2D eigenvalue weighted by molar-refractivity contribution is 6.06. The first-order valence-electron chi connectivity index (χ1n) is 6.78. The maximum Gasteiger partial charge on any atom is 0.337 e. The highest BCUT2D eigenvalue weighted by atomic mass is 16.4. The van der Waals surface area contributed by atoms with E-state index in [-0.39, 0.29) is 11.6 Å². The van der Waals surface area contributed by atoms with Crippen LogP contribution in [0.5, 0.6) is 0 Å². The van der Waals surface area contributed by atoms with E-state index in [4.69, 9.17) is 5.73 Å². The highest BCUT2D eigenvalue weighted by Crippen LogP contribution is 2.28. The number of carboxylic acid groups (broad SMARTS) is 1. The molecule has 1 aromatic carbocycles. The summed E-state index contributed by atoms with van der Waals surface area (Å²) in [6.45, 7) is 1.73. The van der Waals surface area contributed by atoms with E-state index >= 15 is 0 Å². The molecule has 2 aromatic rings. The zero-order valence-electron chi connectivity index (χ0n) is 11.1. The van der Waals surface area contributed by atoms with E-state index < -0.39 is 5.97 Å². The van der Waals surface area contributed by atoms with Crippen LogP contribution in [0.25, 0.3) is 10.8 Å². The van der Waals surface area contributed by atoms with Gasteiger partial charge >= 0.3 is 5.97 Å². The molecule has 3 N–H and O–H groups in total. The fraction of sp³-hybridized carbons (Fsp3) is 0.333. The molecular formula is C15H17N3O2. The SMILES string of the molecule is NC1CCN(c2ncc(C(=O)O)c3ccccc23)CC1. The van der Waals surface area contributed by atoms with Gasteiger partial charge in [0.1, 0.15) is 5.82 Å². The lowest BCUT2D eigenvalue weighted by Crippen LogP contribution is -2.40. The fourth-order valence-corrected chi connectivity index (χ4v) is 2.71. The number of aromatic nitrogens is 1. The molecule has 1 fully saturated rings. The monoisotopic (exact) mass is 271 g/mol. The van der Waals surface area contributed by atoms with Crippen LogP contribution in [0.3, 0.4) is 0 Å². The summed E-state index contributed by atoms with van der Waals surface area (Å²) in [7, 11) is 0. The number of rotatable bonds is 2. The maximum atomic E-state index is 11.3. The molecule has 0 saturated carbocycles. The van der Waals surface area contributed by atoms with Gasteiger partial charge in [0.15, 0.2) is 0 Å². The number of nitrogens with zero attached hydrogens (tertiary/aromatic N) is 2. The Morgan fingerprint density at radius 2 is 1.90 bits per heavy atom. The Kier molecular flexibility index (Phi) is 3.28. The van der Waals surface area contributed by atoms with Crippen molar-refractivity contribution in [3.8, 4) is 0 Å². The topological polar surface area (TPSA) is 79.5 Å². The zero-order chi connectivity index (χ0) is 14.1. The smallest absolute Gasteiger partial charge is 0.337 e. The average Bonchev–Trinajstić information content (AvgIpc) is 2.47. The molecule has 0 radical (unpaired) electrons. The number of hydrogen-bond donors (Lipinski definition) is 2. The van der Waals surface area contributed by atoms with E-state index in [0.717, 1.165) is 42.5 Å². The minimum Gasteiger partial charge on any atom is -0.478 e. The molecule has 1 saturated heterocycles. The van der Waals surface area contributed by atoms with Crippen LogP contribution in [0, 0.1) is 0 Å². The summed E-state index contributed by atoms with van der Waals surface area (Å²) in [5.74, 6) is -0.0848. The summed E-state index contributed by atoms with van der Waals surface area (Å²) in [5.41, 5.74) is 6.17. The van der Waals surface area contributed by atoms with Crippen molar-refractivity contribution in [3.63, 3.8) is 0 Å². The fourth-order valence-electron chi connectivity index (χ4n) is 2.71. The van der Waals surface area contributed by atoms with E-state index in [1.54, 1.807) is 0 Å². The van der Waals surface area contributed by atoms with Crippen molar-refractivity contribution in [2.75, 3.05) is 18.0 Å². The van der Waals surface area contributed by atoms with E-state index in [1.807, 2.05) is 24.3 Å². The number of hydrogen-bond acceptors (Lipinski definition) is 4. The molecule has 2 heterocycles. The molecule has 0 spiro atoms. The molecule has 0 amide bonds. The Balaban J connectivity index is 2.08. The number of carbonyl (C=O) groups is 1. The van der Waals surface area contributed by atoms with E-state index in [1.165, 1.54) is 6.20 Å². The molecule has 20 heavy (non-hydrogen) atoms. The summed E-state index contributed by atoms with van der Waals surface area (Å²) in [5, 5.41) is 10.9. The van der Waals surface area contributed by atoms with Crippen LogP contribution in [-0.2, 0) is 0 Å². The molecule has 1 aliphatic heterocycles.